The number of rotatable bonds is 7. The number of carbonyl (C=O) groups is 1. The molecule has 1 aromatic heterocycles. The van der Waals surface area contributed by atoms with Crippen LogP contribution in [0.5, 0.6) is 0 Å². The van der Waals surface area contributed by atoms with Crippen LogP contribution < -0.4 is 19.7 Å². The molecule has 2 heterocycles. The maximum atomic E-state index is 12.3. The molecule has 2 rings (SSSR count). The molecule has 10 heteroatoms. The summed E-state index contributed by atoms with van der Waals surface area (Å²) in [6, 6.07) is 0.575. The molecule has 0 spiro atoms. The number of anilines is 1. The number of aromatic nitrogens is 2. The maximum Gasteiger partial charge on any atom is 0.277 e. The van der Waals surface area contributed by atoms with Crippen LogP contribution in [0, 0.1) is 0 Å². The first kappa shape index (κ1) is 19.5. The Bertz CT molecular complexity index is 667. The summed E-state index contributed by atoms with van der Waals surface area (Å²) < 4.78 is 28.4. The highest BCUT2D eigenvalue weighted by Crippen LogP contribution is 2.15. The van der Waals surface area contributed by atoms with E-state index in [0.717, 1.165) is 19.4 Å². The second kappa shape index (κ2) is 8.54. The Balaban J connectivity index is 1.89. The number of hydrogen-bond acceptors (Lipinski definition) is 6. The molecule has 2 atom stereocenters. The van der Waals surface area contributed by atoms with Gasteiger partial charge in [-0.3, -0.25) is 4.79 Å². The van der Waals surface area contributed by atoms with Gasteiger partial charge in [0.05, 0.1) is 6.04 Å². The minimum atomic E-state index is -3.71. The van der Waals surface area contributed by atoms with Crippen molar-refractivity contribution in [3.63, 3.8) is 0 Å². The quantitative estimate of drug-likeness (QED) is 0.611. The van der Waals surface area contributed by atoms with Crippen molar-refractivity contribution in [1.82, 2.24) is 24.7 Å². The van der Waals surface area contributed by atoms with Crippen molar-refractivity contribution in [3.8, 4) is 0 Å². The van der Waals surface area contributed by atoms with Crippen molar-refractivity contribution >= 4 is 22.1 Å². The summed E-state index contributed by atoms with van der Waals surface area (Å²) >= 11 is 0. The van der Waals surface area contributed by atoms with Gasteiger partial charge in [-0.05, 0) is 39.7 Å². The average molecular weight is 370 g/mol. The van der Waals surface area contributed by atoms with Gasteiger partial charge in [0.1, 0.15) is 0 Å². The number of nitrogens with zero attached hydrogens (tertiary/aromatic N) is 3. The van der Waals surface area contributed by atoms with Crippen LogP contribution in [0.1, 0.15) is 33.6 Å². The molecule has 0 bridgehead atoms. The van der Waals surface area contributed by atoms with Crippen LogP contribution >= 0.6 is 0 Å². The number of amides is 1. The number of carbonyl (C=O) groups excluding carboxylic acids is 1. The van der Waals surface area contributed by atoms with Crippen molar-refractivity contribution in [3.05, 3.63) is 18.5 Å². The number of piperidine rings is 1. The summed E-state index contributed by atoms with van der Waals surface area (Å²) in [4.78, 5) is 22.8. The normalized spacial score (nSPS) is 19.7. The Morgan fingerprint density at radius 2 is 1.92 bits per heavy atom. The van der Waals surface area contributed by atoms with Gasteiger partial charge in [-0.15, -0.1) is 0 Å². The summed E-state index contributed by atoms with van der Waals surface area (Å²) in [5, 5.41) is 2.90. The lowest BCUT2D eigenvalue weighted by Crippen LogP contribution is -2.54. The van der Waals surface area contributed by atoms with Crippen LogP contribution in [0.25, 0.3) is 0 Å². The maximum absolute atomic E-state index is 12.3. The third kappa shape index (κ3) is 6.22. The average Bonchev–Trinajstić information content (AvgIpc) is 2.54. The van der Waals surface area contributed by atoms with Gasteiger partial charge in [-0.25, -0.2) is 9.97 Å². The monoisotopic (exact) mass is 370 g/mol. The molecule has 0 radical (unpaired) electrons. The van der Waals surface area contributed by atoms with Crippen LogP contribution in [0.15, 0.2) is 18.5 Å². The van der Waals surface area contributed by atoms with Gasteiger partial charge in [-0.1, -0.05) is 0 Å². The summed E-state index contributed by atoms with van der Waals surface area (Å²) in [5.74, 6) is 0.284. The highest BCUT2D eigenvalue weighted by molar-refractivity contribution is 7.87. The van der Waals surface area contributed by atoms with Crippen LogP contribution in [-0.4, -0.2) is 55.5 Å². The van der Waals surface area contributed by atoms with E-state index in [1.165, 1.54) is 6.92 Å². The molecule has 0 saturated carbocycles. The highest BCUT2D eigenvalue weighted by Gasteiger charge is 2.26. The topological polar surface area (TPSA) is 116 Å². The molecule has 1 aliphatic heterocycles. The molecular formula is C15H26N6O3S. The molecule has 140 valence electrons. The standard InChI is InChI=1S/C15H26N6O3S/c1-11(2)19-25(23,24)20-12(3)14(22)18-13-6-4-9-21(10-13)15-16-7-5-8-17-15/h5,7-8,11-13,19-20H,4,6,9-10H2,1-3H3,(H,18,22)/t12-,13-/m0/s1. The van der Waals surface area contributed by atoms with E-state index in [4.69, 9.17) is 0 Å². The molecule has 1 amide bonds. The highest BCUT2D eigenvalue weighted by atomic mass is 32.2. The van der Waals surface area contributed by atoms with Crippen LogP contribution in [0.2, 0.25) is 0 Å². The fourth-order valence-corrected chi connectivity index (χ4v) is 3.95. The Kier molecular flexibility index (Phi) is 6.68. The van der Waals surface area contributed by atoms with E-state index < -0.39 is 16.3 Å². The van der Waals surface area contributed by atoms with E-state index in [-0.39, 0.29) is 18.0 Å². The molecule has 1 fully saturated rings. The summed E-state index contributed by atoms with van der Waals surface area (Å²) in [5.41, 5.74) is 0. The number of hydrogen-bond donors (Lipinski definition) is 3. The summed E-state index contributed by atoms with van der Waals surface area (Å²) in [6.07, 6.45) is 5.10. The zero-order chi connectivity index (χ0) is 18.4. The van der Waals surface area contributed by atoms with E-state index >= 15 is 0 Å². The molecule has 1 aliphatic rings. The molecular weight excluding hydrogens is 344 g/mol. The predicted molar refractivity (Wildman–Crippen MR) is 95.2 cm³/mol. The predicted octanol–water partition coefficient (Wildman–Crippen LogP) is -0.217. The molecule has 1 aromatic rings. The van der Waals surface area contributed by atoms with E-state index in [1.807, 2.05) is 4.90 Å². The van der Waals surface area contributed by atoms with Crippen LogP contribution in [0.3, 0.4) is 0 Å². The van der Waals surface area contributed by atoms with E-state index in [0.29, 0.717) is 12.5 Å². The SMILES string of the molecule is CC(C)NS(=O)(=O)N[C@@H](C)C(=O)N[C@H]1CCCN(c2ncccn2)C1. The fourth-order valence-electron chi connectivity index (χ4n) is 2.69. The van der Waals surface area contributed by atoms with Crippen molar-refractivity contribution in [1.29, 1.82) is 0 Å². The van der Waals surface area contributed by atoms with Crippen molar-refractivity contribution in [2.24, 2.45) is 0 Å². The summed E-state index contributed by atoms with van der Waals surface area (Å²) in [7, 11) is -3.71. The smallest absolute Gasteiger partial charge is 0.277 e. The number of nitrogens with one attached hydrogen (secondary N) is 3. The second-order valence-corrected chi connectivity index (χ2v) is 7.94. The lowest BCUT2D eigenvalue weighted by Gasteiger charge is -2.33. The van der Waals surface area contributed by atoms with Crippen LogP contribution in [-0.2, 0) is 15.0 Å². The molecule has 9 nitrogen and oxygen atoms in total. The molecule has 0 aliphatic carbocycles. The first-order valence-corrected chi connectivity index (χ1v) is 9.87. The third-order valence-corrected chi connectivity index (χ3v) is 5.16. The lowest BCUT2D eigenvalue weighted by molar-refractivity contribution is -0.123. The van der Waals surface area contributed by atoms with Gasteiger partial charge in [0, 0.05) is 37.6 Å². The van der Waals surface area contributed by atoms with Crippen molar-refractivity contribution < 1.29 is 13.2 Å². The third-order valence-electron chi connectivity index (χ3n) is 3.72. The first-order chi connectivity index (χ1) is 11.8. The largest absolute Gasteiger partial charge is 0.350 e. The van der Waals surface area contributed by atoms with Crippen LogP contribution in [0.4, 0.5) is 5.95 Å². The fraction of sp³-hybridized carbons (Fsp3) is 0.667. The molecule has 3 N–H and O–H groups in total. The Morgan fingerprint density at radius 3 is 2.56 bits per heavy atom. The van der Waals surface area contributed by atoms with Gasteiger partial charge in [0.2, 0.25) is 11.9 Å². The van der Waals surface area contributed by atoms with Crippen molar-refractivity contribution in [2.45, 2.75) is 51.7 Å². The van der Waals surface area contributed by atoms with Gasteiger partial charge in [0.15, 0.2) is 0 Å². The molecule has 0 unspecified atom stereocenters. The van der Waals surface area contributed by atoms with Crippen molar-refractivity contribution in [2.75, 3.05) is 18.0 Å². The molecule has 0 aromatic carbocycles. The Labute approximate surface area is 148 Å². The van der Waals surface area contributed by atoms with E-state index in [1.54, 1.807) is 32.3 Å². The molecule has 1 saturated heterocycles. The van der Waals surface area contributed by atoms with E-state index in [2.05, 4.69) is 24.7 Å². The summed E-state index contributed by atoms with van der Waals surface area (Å²) in [6.45, 7) is 6.38. The van der Waals surface area contributed by atoms with Gasteiger partial charge >= 0.3 is 0 Å². The second-order valence-electron chi connectivity index (χ2n) is 6.46. The minimum Gasteiger partial charge on any atom is -0.350 e. The Morgan fingerprint density at radius 1 is 1.24 bits per heavy atom. The zero-order valence-corrected chi connectivity index (χ0v) is 15.6. The van der Waals surface area contributed by atoms with Gasteiger partial charge in [-0.2, -0.15) is 17.9 Å². The minimum absolute atomic E-state index is 0.0740. The van der Waals surface area contributed by atoms with E-state index in [9.17, 15) is 13.2 Å². The lowest BCUT2D eigenvalue weighted by atomic mass is 10.1. The Hall–Kier alpha value is -1.78. The van der Waals surface area contributed by atoms with Gasteiger partial charge < -0.3 is 10.2 Å². The zero-order valence-electron chi connectivity index (χ0n) is 14.8. The van der Waals surface area contributed by atoms with Gasteiger partial charge in [0.25, 0.3) is 10.2 Å². The molecule has 25 heavy (non-hydrogen) atoms. The first-order valence-electron chi connectivity index (χ1n) is 8.39.